The first kappa shape index (κ1) is 18.9. The van der Waals surface area contributed by atoms with Crippen LogP contribution >= 0.6 is 0 Å². The van der Waals surface area contributed by atoms with Gasteiger partial charge in [0.15, 0.2) is 5.96 Å². The summed E-state index contributed by atoms with van der Waals surface area (Å²) >= 11 is 0. The topological polar surface area (TPSA) is 83.3 Å². The standard InChI is InChI=1S/C20H28N6O/c1-14-11-15(2)26(25-14)10-6-9-22-20(21-3)23-13-16-12-19(27)24-18-8-5-4-7-17(16)18/h4-5,7-8,11,16H,6,9-10,12-13H2,1-3H3,(H,24,27)(H2,21,22,23). The summed E-state index contributed by atoms with van der Waals surface area (Å²) in [4.78, 5) is 16.2. The molecule has 7 nitrogen and oxygen atoms in total. The van der Waals surface area contributed by atoms with Crippen LogP contribution in [0.2, 0.25) is 0 Å². The zero-order chi connectivity index (χ0) is 19.2. The summed E-state index contributed by atoms with van der Waals surface area (Å²) in [6.45, 7) is 6.43. The van der Waals surface area contributed by atoms with Crippen molar-refractivity contribution in [3.8, 4) is 0 Å². The molecule has 0 aliphatic carbocycles. The van der Waals surface area contributed by atoms with Gasteiger partial charge in [-0.25, -0.2) is 0 Å². The van der Waals surface area contributed by atoms with Crippen LogP contribution in [0.15, 0.2) is 35.3 Å². The quantitative estimate of drug-likeness (QED) is 0.415. The van der Waals surface area contributed by atoms with Crippen LogP contribution < -0.4 is 16.0 Å². The molecule has 0 saturated carbocycles. The number of hydrogen-bond acceptors (Lipinski definition) is 3. The van der Waals surface area contributed by atoms with Gasteiger partial charge in [0.25, 0.3) is 0 Å². The SMILES string of the molecule is CN=C(NCCCn1nc(C)cc1C)NCC1CC(=O)Nc2ccccc21. The molecule has 7 heteroatoms. The van der Waals surface area contributed by atoms with Crippen LogP contribution in [0.3, 0.4) is 0 Å². The lowest BCUT2D eigenvalue weighted by molar-refractivity contribution is -0.116. The van der Waals surface area contributed by atoms with E-state index in [4.69, 9.17) is 0 Å². The number of aliphatic imine (C=N–C) groups is 1. The highest BCUT2D eigenvalue weighted by molar-refractivity contribution is 5.94. The third kappa shape index (κ3) is 4.87. The summed E-state index contributed by atoms with van der Waals surface area (Å²) in [5.41, 5.74) is 4.32. The van der Waals surface area contributed by atoms with Gasteiger partial charge < -0.3 is 16.0 Å². The van der Waals surface area contributed by atoms with Crippen LogP contribution in [-0.4, -0.2) is 41.8 Å². The van der Waals surface area contributed by atoms with Gasteiger partial charge in [0.05, 0.1) is 5.69 Å². The maximum atomic E-state index is 11.9. The number of aryl methyl sites for hydroxylation is 3. The number of guanidine groups is 1. The molecule has 1 aromatic heterocycles. The second-order valence-corrected chi connectivity index (χ2v) is 6.92. The minimum absolute atomic E-state index is 0.0633. The molecule has 0 bridgehead atoms. The molecule has 1 amide bonds. The Hall–Kier alpha value is -2.83. The molecular weight excluding hydrogens is 340 g/mol. The van der Waals surface area contributed by atoms with Crippen molar-refractivity contribution in [1.29, 1.82) is 0 Å². The van der Waals surface area contributed by atoms with E-state index in [-0.39, 0.29) is 11.8 Å². The molecule has 144 valence electrons. The van der Waals surface area contributed by atoms with Gasteiger partial charge in [0.1, 0.15) is 0 Å². The molecule has 1 unspecified atom stereocenters. The van der Waals surface area contributed by atoms with E-state index in [0.29, 0.717) is 13.0 Å². The van der Waals surface area contributed by atoms with Crippen molar-refractivity contribution >= 4 is 17.6 Å². The Balaban J connectivity index is 1.47. The van der Waals surface area contributed by atoms with E-state index in [2.05, 4.69) is 45.1 Å². The predicted molar refractivity (Wildman–Crippen MR) is 108 cm³/mol. The summed E-state index contributed by atoms with van der Waals surface area (Å²) in [6, 6.07) is 10.1. The number of aromatic nitrogens is 2. The van der Waals surface area contributed by atoms with Crippen molar-refractivity contribution in [1.82, 2.24) is 20.4 Å². The molecule has 0 radical (unpaired) electrons. The summed E-state index contributed by atoms with van der Waals surface area (Å²) < 4.78 is 2.03. The van der Waals surface area contributed by atoms with Crippen LogP contribution in [0.4, 0.5) is 5.69 Å². The van der Waals surface area contributed by atoms with E-state index < -0.39 is 0 Å². The van der Waals surface area contributed by atoms with Gasteiger partial charge in [-0.1, -0.05) is 18.2 Å². The van der Waals surface area contributed by atoms with Crippen molar-refractivity contribution in [2.45, 2.75) is 39.2 Å². The maximum absolute atomic E-state index is 11.9. The molecule has 27 heavy (non-hydrogen) atoms. The van der Waals surface area contributed by atoms with E-state index in [0.717, 1.165) is 36.9 Å². The lowest BCUT2D eigenvalue weighted by Crippen LogP contribution is -2.41. The number of anilines is 1. The molecule has 2 aromatic rings. The molecule has 0 fully saturated rings. The second-order valence-electron chi connectivity index (χ2n) is 6.92. The molecule has 1 aliphatic heterocycles. The number of amides is 1. The number of para-hydroxylation sites is 1. The van der Waals surface area contributed by atoms with Gasteiger partial charge in [0.2, 0.25) is 5.91 Å². The number of nitrogens with zero attached hydrogens (tertiary/aromatic N) is 3. The highest BCUT2D eigenvalue weighted by atomic mass is 16.1. The third-order valence-corrected chi connectivity index (χ3v) is 4.79. The number of fused-ring (bicyclic) bond motifs is 1. The van der Waals surface area contributed by atoms with Crippen molar-refractivity contribution < 1.29 is 4.79 Å². The number of nitrogens with one attached hydrogen (secondary N) is 3. The van der Waals surface area contributed by atoms with E-state index >= 15 is 0 Å². The lowest BCUT2D eigenvalue weighted by atomic mass is 9.90. The summed E-state index contributed by atoms with van der Waals surface area (Å²) in [6.07, 6.45) is 1.44. The molecular formula is C20H28N6O. The molecule has 0 spiro atoms. The number of carbonyl (C=O) groups is 1. The van der Waals surface area contributed by atoms with Crippen molar-refractivity contribution in [3.63, 3.8) is 0 Å². The van der Waals surface area contributed by atoms with Crippen molar-refractivity contribution in [2.24, 2.45) is 4.99 Å². The first-order chi connectivity index (χ1) is 13.1. The normalized spacial score (nSPS) is 16.6. The maximum Gasteiger partial charge on any atom is 0.225 e. The van der Waals surface area contributed by atoms with Gasteiger partial charge in [-0.3, -0.25) is 14.5 Å². The summed E-state index contributed by atoms with van der Waals surface area (Å²) in [7, 11) is 1.76. The lowest BCUT2D eigenvalue weighted by Gasteiger charge is -2.26. The molecule has 0 saturated heterocycles. The zero-order valence-electron chi connectivity index (χ0n) is 16.2. The first-order valence-electron chi connectivity index (χ1n) is 9.41. The van der Waals surface area contributed by atoms with Gasteiger partial charge >= 0.3 is 0 Å². The molecule has 3 N–H and O–H groups in total. The number of carbonyl (C=O) groups excluding carboxylic acids is 1. The van der Waals surface area contributed by atoms with Crippen molar-refractivity contribution in [3.05, 3.63) is 47.3 Å². The fourth-order valence-electron chi connectivity index (χ4n) is 3.46. The minimum atomic E-state index is 0.0633. The first-order valence-corrected chi connectivity index (χ1v) is 9.41. The zero-order valence-corrected chi connectivity index (χ0v) is 16.2. The van der Waals surface area contributed by atoms with Crippen LogP contribution in [0.25, 0.3) is 0 Å². The Bertz CT molecular complexity index is 826. The molecule has 2 heterocycles. The van der Waals surface area contributed by atoms with E-state index in [9.17, 15) is 4.79 Å². The fourth-order valence-corrected chi connectivity index (χ4v) is 3.46. The fraction of sp³-hybridized carbons (Fsp3) is 0.450. The van der Waals surface area contributed by atoms with Gasteiger partial charge in [-0.15, -0.1) is 0 Å². The van der Waals surface area contributed by atoms with Gasteiger partial charge in [-0.05, 0) is 38.0 Å². The van der Waals surface area contributed by atoms with Crippen LogP contribution in [0.1, 0.15) is 35.7 Å². The molecule has 1 aliphatic rings. The van der Waals surface area contributed by atoms with Crippen molar-refractivity contribution in [2.75, 3.05) is 25.5 Å². The highest BCUT2D eigenvalue weighted by Gasteiger charge is 2.24. The monoisotopic (exact) mass is 368 g/mol. The van der Waals surface area contributed by atoms with Crippen LogP contribution in [0, 0.1) is 13.8 Å². The van der Waals surface area contributed by atoms with E-state index in [1.165, 1.54) is 11.3 Å². The van der Waals surface area contributed by atoms with E-state index in [1.54, 1.807) is 7.05 Å². The second kappa shape index (κ2) is 8.70. The molecule has 1 atom stereocenters. The largest absolute Gasteiger partial charge is 0.356 e. The van der Waals surface area contributed by atoms with Crippen LogP contribution in [0.5, 0.6) is 0 Å². The Morgan fingerprint density at radius 1 is 1.33 bits per heavy atom. The molecule has 3 rings (SSSR count). The van der Waals surface area contributed by atoms with Gasteiger partial charge in [-0.2, -0.15) is 5.10 Å². The Morgan fingerprint density at radius 3 is 2.89 bits per heavy atom. The number of rotatable bonds is 6. The third-order valence-electron chi connectivity index (χ3n) is 4.79. The summed E-state index contributed by atoms with van der Waals surface area (Å²) in [5, 5.41) is 14.1. The van der Waals surface area contributed by atoms with Gasteiger partial charge in [0, 0.05) is 50.4 Å². The Morgan fingerprint density at radius 2 is 2.15 bits per heavy atom. The minimum Gasteiger partial charge on any atom is -0.356 e. The molecule has 1 aromatic carbocycles. The average Bonchev–Trinajstić information content (AvgIpc) is 2.98. The summed E-state index contributed by atoms with van der Waals surface area (Å²) in [5.74, 6) is 0.961. The average molecular weight is 368 g/mol. The number of benzene rings is 1. The highest BCUT2D eigenvalue weighted by Crippen LogP contribution is 2.31. The van der Waals surface area contributed by atoms with E-state index in [1.807, 2.05) is 29.8 Å². The predicted octanol–water partition coefficient (Wildman–Crippen LogP) is 2.18. The Kier molecular flexibility index (Phi) is 6.11. The smallest absolute Gasteiger partial charge is 0.225 e. The number of hydrogen-bond donors (Lipinski definition) is 3. The Labute approximate surface area is 160 Å². The van der Waals surface area contributed by atoms with Crippen LogP contribution in [-0.2, 0) is 11.3 Å².